The van der Waals surface area contributed by atoms with E-state index in [0.717, 1.165) is 15.9 Å². The molecule has 0 aromatic heterocycles. The maximum absolute atomic E-state index is 13.1. The third-order valence-corrected chi connectivity index (χ3v) is 11.8. The van der Waals surface area contributed by atoms with E-state index in [0.29, 0.717) is 16.9 Å². The fourth-order valence-corrected chi connectivity index (χ4v) is 9.51. The van der Waals surface area contributed by atoms with Crippen molar-refractivity contribution < 1.29 is 23.9 Å². The molecule has 0 saturated carbocycles. The SMILES string of the molecule is Cc1cc(C)c(C(=O)CO)c(OC(=O)c2ccc(O[Si](c3ccccc3)(c3ccccc3)C(C)(C)C)cc2)c1. The molecule has 4 aromatic rings. The van der Waals surface area contributed by atoms with Gasteiger partial charge in [-0.25, -0.2) is 4.79 Å². The Labute approximate surface area is 231 Å². The van der Waals surface area contributed by atoms with Gasteiger partial charge in [-0.1, -0.05) is 87.5 Å². The third kappa shape index (κ3) is 5.72. The Balaban J connectivity index is 1.68. The van der Waals surface area contributed by atoms with Crippen LogP contribution in [-0.4, -0.2) is 31.8 Å². The van der Waals surface area contributed by atoms with Crippen molar-refractivity contribution in [2.45, 2.75) is 39.7 Å². The lowest BCUT2D eigenvalue weighted by Gasteiger charge is -2.43. The largest absolute Gasteiger partial charge is 0.534 e. The average Bonchev–Trinajstić information content (AvgIpc) is 2.91. The van der Waals surface area contributed by atoms with Crippen LogP contribution < -0.4 is 19.5 Å². The van der Waals surface area contributed by atoms with Gasteiger partial charge in [-0.2, -0.15) is 0 Å². The average molecular weight is 539 g/mol. The first-order valence-corrected chi connectivity index (χ1v) is 14.9. The van der Waals surface area contributed by atoms with Crippen LogP contribution in [0.3, 0.4) is 0 Å². The van der Waals surface area contributed by atoms with Crippen molar-refractivity contribution in [3.8, 4) is 11.5 Å². The van der Waals surface area contributed by atoms with Gasteiger partial charge in [0.05, 0.1) is 11.1 Å². The van der Waals surface area contributed by atoms with Crippen molar-refractivity contribution in [1.29, 1.82) is 0 Å². The summed E-state index contributed by atoms with van der Waals surface area (Å²) in [6.07, 6.45) is 0. The second-order valence-corrected chi connectivity index (χ2v) is 14.9. The molecule has 39 heavy (non-hydrogen) atoms. The highest BCUT2D eigenvalue weighted by molar-refractivity contribution is 7.00. The highest BCUT2D eigenvalue weighted by atomic mass is 28.4. The molecular weight excluding hydrogens is 504 g/mol. The third-order valence-electron chi connectivity index (χ3n) is 6.85. The Hall–Kier alpha value is -4.00. The monoisotopic (exact) mass is 538 g/mol. The van der Waals surface area contributed by atoms with Crippen molar-refractivity contribution in [1.82, 2.24) is 0 Å². The number of benzene rings is 4. The summed E-state index contributed by atoms with van der Waals surface area (Å²) in [6, 6.07) is 31.1. The van der Waals surface area contributed by atoms with Crippen LogP contribution in [0.2, 0.25) is 5.04 Å². The summed E-state index contributed by atoms with van der Waals surface area (Å²) in [5.41, 5.74) is 2.03. The van der Waals surface area contributed by atoms with Gasteiger partial charge >= 0.3 is 14.3 Å². The maximum Gasteiger partial charge on any atom is 0.343 e. The van der Waals surface area contributed by atoms with Gasteiger partial charge in [0, 0.05) is 0 Å². The number of carbonyl (C=O) groups excluding carboxylic acids is 2. The Morgan fingerprint density at radius 3 is 1.82 bits per heavy atom. The number of hydrogen-bond donors (Lipinski definition) is 1. The molecular formula is C33H34O5Si. The minimum absolute atomic E-state index is 0.143. The van der Waals surface area contributed by atoms with Crippen LogP contribution in [-0.2, 0) is 0 Å². The van der Waals surface area contributed by atoms with Gasteiger partial charge < -0.3 is 14.3 Å². The molecule has 200 valence electrons. The van der Waals surface area contributed by atoms with Crippen molar-refractivity contribution in [3.05, 3.63) is 119 Å². The fraction of sp³-hybridized carbons (Fsp3) is 0.212. The van der Waals surface area contributed by atoms with Crippen molar-refractivity contribution >= 4 is 30.4 Å². The summed E-state index contributed by atoms with van der Waals surface area (Å²) in [5.74, 6) is -0.291. The highest BCUT2D eigenvalue weighted by Gasteiger charge is 2.52. The maximum atomic E-state index is 13.1. The smallest absolute Gasteiger partial charge is 0.343 e. The zero-order valence-electron chi connectivity index (χ0n) is 23.0. The fourth-order valence-electron chi connectivity index (χ4n) is 5.09. The molecule has 0 unspecified atom stereocenters. The van der Waals surface area contributed by atoms with Crippen LogP contribution in [0.4, 0.5) is 0 Å². The standard InChI is InChI=1S/C33H34O5Si/c1-23-20-24(2)31(29(35)22-34)30(21-23)37-32(36)25-16-18-26(19-17-25)38-39(33(3,4)5,27-12-8-6-9-13-27)28-14-10-7-11-15-28/h6-21,34H,22H2,1-5H3. The van der Waals surface area contributed by atoms with Gasteiger partial charge in [0.25, 0.3) is 0 Å². The summed E-state index contributed by atoms with van der Waals surface area (Å²) >= 11 is 0. The lowest BCUT2D eigenvalue weighted by molar-refractivity contribution is 0.0730. The normalized spacial score (nSPS) is 11.6. The molecule has 5 nitrogen and oxygen atoms in total. The number of esters is 1. The minimum Gasteiger partial charge on any atom is -0.534 e. The predicted octanol–water partition coefficient (Wildman–Crippen LogP) is 5.64. The number of ketones is 1. The van der Waals surface area contributed by atoms with Gasteiger partial charge in [-0.05, 0) is 70.7 Å². The molecule has 0 aliphatic heterocycles. The molecule has 0 fully saturated rings. The van der Waals surface area contributed by atoms with Crippen molar-refractivity contribution in [2.75, 3.05) is 6.61 Å². The zero-order valence-corrected chi connectivity index (χ0v) is 24.0. The molecule has 1 N–H and O–H groups in total. The quantitative estimate of drug-likeness (QED) is 0.136. The van der Waals surface area contributed by atoms with E-state index >= 15 is 0 Å². The predicted molar refractivity (Wildman–Crippen MR) is 157 cm³/mol. The van der Waals surface area contributed by atoms with Gasteiger partial charge in [-0.3, -0.25) is 4.79 Å². The van der Waals surface area contributed by atoms with Gasteiger partial charge in [0.15, 0.2) is 5.78 Å². The summed E-state index contributed by atoms with van der Waals surface area (Å²) in [7, 11) is -2.81. The van der Waals surface area contributed by atoms with E-state index in [-0.39, 0.29) is 16.4 Å². The first-order chi connectivity index (χ1) is 18.6. The first-order valence-electron chi connectivity index (χ1n) is 12.9. The van der Waals surface area contributed by atoms with E-state index in [2.05, 4.69) is 45.0 Å². The summed E-state index contributed by atoms with van der Waals surface area (Å²) < 4.78 is 12.6. The molecule has 0 aliphatic rings. The van der Waals surface area contributed by atoms with E-state index in [1.807, 2.05) is 49.4 Å². The van der Waals surface area contributed by atoms with Crippen LogP contribution in [0.1, 0.15) is 52.6 Å². The summed E-state index contributed by atoms with van der Waals surface area (Å²) in [4.78, 5) is 25.4. The van der Waals surface area contributed by atoms with Gasteiger partial charge in [0.2, 0.25) is 0 Å². The lowest BCUT2D eigenvalue weighted by atomic mass is 10.0. The van der Waals surface area contributed by atoms with Gasteiger partial charge in [0.1, 0.15) is 18.1 Å². The first kappa shape index (κ1) is 28.0. The van der Waals surface area contributed by atoms with E-state index < -0.39 is 26.7 Å². The zero-order chi connectivity index (χ0) is 28.2. The molecule has 6 heteroatoms. The van der Waals surface area contributed by atoms with E-state index in [4.69, 9.17) is 9.16 Å². The number of ether oxygens (including phenoxy) is 1. The number of rotatable bonds is 8. The second kappa shape index (κ2) is 11.4. The molecule has 0 aliphatic carbocycles. The summed E-state index contributed by atoms with van der Waals surface area (Å²) in [5, 5.41) is 11.5. The number of carbonyl (C=O) groups is 2. The van der Waals surface area contributed by atoms with Crippen LogP contribution in [0.5, 0.6) is 11.5 Å². The van der Waals surface area contributed by atoms with Crippen molar-refractivity contribution in [2.24, 2.45) is 0 Å². The summed E-state index contributed by atoms with van der Waals surface area (Å²) in [6.45, 7) is 9.57. The Bertz CT molecular complexity index is 1420. The molecule has 0 amide bonds. The van der Waals surface area contributed by atoms with E-state index in [1.54, 1.807) is 37.3 Å². The molecule has 0 spiro atoms. The van der Waals surface area contributed by atoms with Crippen molar-refractivity contribution in [3.63, 3.8) is 0 Å². The number of aliphatic hydroxyl groups excluding tert-OH is 1. The Kier molecular flexibility index (Phi) is 8.19. The molecule has 0 bridgehead atoms. The topological polar surface area (TPSA) is 72.8 Å². The number of aliphatic hydroxyl groups is 1. The number of hydrogen-bond acceptors (Lipinski definition) is 5. The van der Waals surface area contributed by atoms with Crippen LogP contribution >= 0.6 is 0 Å². The Morgan fingerprint density at radius 1 is 0.795 bits per heavy atom. The van der Waals surface area contributed by atoms with Gasteiger partial charge in [-0.15, -0.1) is 0 Å². The molecule has 0 atom stereocenters. The van der Waals surface area contributed by atoms with Crippen LogP contribution in [0.15, 0.2) is 97.1 Å². The van der Waals surface area contributed by atoms with Crippen LogP contribution in [0, 0.1) is 13.8 Å². The molecule has 4 aromatic carbocycles. The molecule has 0 radical (unpaired) electrons. The molecule has 4 rings (SSSR count). The minimum atomic E-state index is -2.81. The van der Waals surface area contributed by atoms with E-state index in [1.165, 1.54) is 0 Å². The lowest BCUT2D eigenvalue weighted by Crippen LogP contribution is -2.68. The molecule has 0 heterocycles. The molecule has 0 saturated heterocycles. The number of aryl methyl sites for hydroxylation is 2. The highest BCUT2D eigenvalue weighted by Crippen LogP contribution is 2.37. The second-order valence-electron chi connectivity index (χ2n) is 10.7. The number of Topliss-reactive ketones (excluding diaryl/α,β-unsaturated/α-hetero) is 1. The van der Waals surface area contributed by atoms with Crippen LogP contribution in [0.25, 0.3) is 0 Å². The van der Waals surface area contributed by atoms with E-state index in [9.17, 15) is 14.7 Å². The Morgan fingerprint density at radius 2 is 1.33 bits per heavy atom.